The first kappa shape index (κ1) is 15.8. The Hall–Kier alpha value is -0.0800. The molecule has 0 unspecified atom stereocenters. The Bertz CT molecular complexity index is 325. The lowest BCUT2D eigenvalue weighted by Crippen LogP contribution is -2.60. The van der Waals surface area contributed by atoms with Gasteiger partial charge in [0.25, 0.3) is 0 Å². The van der Waals surface area contributed by atoms with Crippen LogP contribution in [-0.4, -0.2) is 48.1 Å². The van der Waals surface area contributed by atoms with E-state index in [-0.39, 0.29) is 0 Å². The van der Waals surface area contributed by atoms with Crippen LogP contribution in [0.5, 0.6) is 0 Å². The fourth-order valence-corrected chi connectivity index (χ4v) is 5.03. The summed E-state index contributed by atoms with van der Waals surface area (Å²) in [5.41, 5.74) is 0.719. The van der Waals surface area contributed by atoms with Crippen LogP contribution in [0.4, 0.5) is 0 Å². The van der Waals surface area contributed by atoms with Crippen molar-refractivity contribution >= 4 is 0 Å². The summed E-state index contributed by atoms with van der Waals surface area (Å²) in [6, 6.07) is 1.67. The second-order valence-corrected chi connectivity index (χ2v) is 8.85. The van der Waals surface area contributed by atoms with Crippen molar-refractivity contribution in [2.24, 2.45) is 17.3 Å². The molecule has 3 aliphatic rings. The van der Waals surface area contributed by atoms with E-state index < -0.39 is 0 Å². The van der Waals surface area contributed by atoms with Gasteiger partial charge in [-0.2, -0.15) is 0 Å². The highest BCUT2D eigenvalue weighted by molar-refractivity contribution is 5.00. The quantitative estimate of drug-likeness (QED) is 0.775. The van der Waals surface area contributed by atoms with E-state index in [9.17, 15) is 0 Å². The van der Waals surface area contributed by atoms with Crippen molar-refractivity contribution in [1.82, 2.24) is 9.80 Å². The van der Waals surface area contributed by atoms with Crippen molar-refractivity contribution in [1.29, 1.82) is 0 Å². The molecule has 0 atom stereocenters. The Kier molecular flexibility index (Phi) is 4.66. The maximum Gasteiger partial charge on any atom is 0.00957 e. The fraction of sp³-hybridized carbons (Fsp3) is 1.00. The van der Waals surface area contributed by atoms with Crippen LogP contribution in [0.25, 0.3) is 0 Å². The predicted octanol–water partition coefficient (Wildman–Crippen LogP) is 4.01. The van der Waals surface area contributed by atoms with Gasteiger partial charge in [0.1, 0.15) is 0 Å². The zero-order valence-corrected chi connectivity index (χ0v) is 14.8. The lowest BCUT2D eigenvalue weighted by molar-refractivity contribution is -0.0635. The van der Waals surface area contributed by atoms with Gasteiger partial charge in [-0.05, 0) is 82.7 Å². The molecule has 0 bridgehead atoms. The molecular formula is C19H36N2. The van der Waals surface area contributed by atoms with Crippen molar-refractivity contribution in [3.8, 4) is 0 Å². The Morgan fingerprint density at radius 2 is 1.43 bits per heavy atom. The Balaban J connectivity index is 1.43. The molecule has 122 valence electrons. The molecule has 2 aliphatic heterocycles. The van der Waals surface area contributed by atoms with Crippen LogP contribution in [0.1, 0.15) is 66.2 Å². The van der Waals surface area contributed by atoms with Gasteiger partial charge in [0.2, 0.25) is 0 Å². The van der Waals surface area contributed by atoms with Crippen LogP contribution in [0, 0.1) is 17.3 Å². The average molecular weight is 293 g/mol. The first-order valence-corrected chi connectivity index (χ1v) is 9.47. The molecule has 0 aromatic carbocycles. The normalized spacial score (nSPS) is 29.4. The zero-order chi connectivity index (χ0) is 15.0. The lowest BCUT2D eigenvalue weighted by Gasteiger charge is -2.56. The molecule has 2 heteroatoms. The zero-order valence-electron chi connectivity index (χ0n) is 14.8. The number of likely N-dealkylation sites (tertiary alicyclic amines) is 2. The molecule has 0 N–H and O–H groups in total. The second-order valence-electron chi connectivity index (χ2n) is 8.85. The molecule has 2 saturated heterocycles. The highest BCUT2D eigenvalue weighted by Crippen LogP contribution is 2.45. The van der Waals surface area contributed by atoms with Crippen LogP contribution < -0.4 is 0 Å². The monoisotopic (exact) mass is 292 g/mol. The molecule has 1 saturated carbocycles. The van der Waals surface area contributed by atoms with Crippen LogP contribution in [-0.2, 0) is 0 Å². The summed E-state index contributed by atoms with van der Waals surface area (Å²) in [5.74, 6) is 1.88. The van der Waals surface area contributed by atoms with Crippen molar-refractivity contribution in [3.63, 3.8) is 0 Å². The Morgan fingerprint density at radius 1 is 0.857 bits per heavy atom. The van der Waals surface area contributed by atoms with E-state index in [1.54, 1.807) is 0 Å². The smallest absolute Gasteiger partial charge is 0.00957 e. The van der Waals surface area contributed by atoms with E-state index in [0.29, 0.717) is 0 Å². The van der Waals surface area contributed by atoms with E-state index in [0.717, 1.165) is 29.3 Å². The number of piperidine rings is 1. The molecule has 1 aliphatic carbocycles. The van der Waals surface area contributed by atoms with E-state index in [1.165, 1.54) is 64.7 Å². The molecule has 2 heterocycles. The van der Waals surface area contributed by atoms with Gasteiger partial charge in [-0.3, -0.25) is 4.90 Å². The van der Waals surface area contributed by atoms with Crippen LogP contribution >= 0.6 is 0 Å². The summed E-state index contributed by atoms with van der Waals surface area (Å²) in [6.07, 6.45) is 8.81. The minimum Gasteiger partial charge on any atom is -0.300 e. The summed E-state index contributed by atoms with van der Waals surface area (Å²) in [7, 11) is 0. The third kappa shape index (κ3) is 3.32. The average Bonchev–Trinajstić information content (AvgIpc) is 2.45. The molecule has 2 nitrogen and oxygen atoms in total. The number of rotatable bonds is 3. The van der Waals surface area contributed by atoms with Gasteiger partial charge >= 0.3 is 0 Å². The maximum atomic E-state index is 2.84. The molecular weight excluding hydrogens is 256 g/mol. The van der Waals surface area contributed by atoms with Crippen LogP contribution in [0.3, 0.4) is 0 Å². The van der Waals surface area contributed by atoms with Gasteiger partial charge in [0.05, 0.1) is 0 Å². The van der Waals surface area contributed by atoms with E-state index in [4.69, 9.17) is 0 Å². The number of hydrogen-bond donors (Lipinski definition) is 0. The van der Waals surface area contributed by atoms with Gasteiger partial charge in [-0.1, -0.05) is 13.8 Å². The number of hydrogen-bond acceptors (Lipinski definition) is 2. The second kappa shape index (κ2) is 6.20. The maximum absolute atomic E-state index is 2.84. The highest BCUT2D eigenvalue weighted by Gasteiger charge is 2.46. The fourth-order valence-electron chi connectivity index (χ4n) is 5.03. The van der Waals surface area contributed by atoms with Gasteiger partial charge in [0, 0.05) is 25.2 Å². The largest absolute Gasteiger partial charge is 0.300 e. The SMILES string of the molecule is CC(C)C1CCN(C2CCC3(CC2)CN(C(C)C)C3)CC1. The van der Waals surface area contributed by atoms with E-state index in [1.807, 2.05) is 0 Å². The first-order valence-electron chi connectivity index (χ1n) is 9.47. The molecule has 0 aromatic rings. The topological polar surface area (TPSA) is 6.48 Å². The molecule has 3 fully saturated rings. The Labute approximate surface area is 132 Å². The van der Waals surface area contributed by atoms with Crippen LogP contribution in [0.2, 0.25) is 0 Å². The summed E-state index contributed by atoms with van der Waals surface area (Å²) >= 11 is 0. The molecule has 0 aromatic heterocycles. The van der Waals surface area contributed by atoms with Crippen molar-refractivity contribution in [2.45, 2.75) is 78.3 Å². The van der Waals surface area contributed by atoms with Crippen LogP contribution in [0.15, 0.2) is 0 Å². The standard InChI is InChI=1S/C19H36N2/c1-15(2)17-7-11-20(12-8-17)18-5-9-19(10-6-18)13-21(14-19)16(3)4/h15-18H,5-14H2,1-4H3. The minimum absolute atomic E-state index is 0.719. The number of nitrogens with zero attached hydrogens (tertiary/aromatic N) is 2. The first-order chi connectivity index (χ1) is 9.99. The minimum atomic E-state index is 0.719. The van der Waals surface area contributed by atoms with Crippen molar-refractivity contribution in [2.75, 3.05) is 26.2 Å². The van der Waals surface area contributed by atoms with Gasteiger partial charge in [-0.15, -0.1) is 0 Å². The Morgan fingerprint density at radius 3 is 1.90 bits per heavy atom. The molecule has 21 heavy (non-hydrogen) atoms. The van der Waals surface area contributed by atoms with E-state index >= 15 is 0 Å². The summed E-state index contributed by atoms with van der Waals surface area (Å²) in [5, 5.41) is 0. The highest BCUT2D eigenvalue weighted by atomic mass is 15.2. The van der Waals surface area contributed by atoms with Crippen molar-refractivity contribution in [3.05, 3.63) is 0 Å². The summed E-state index contributed by atoms with van der Waals surface area (Å²) < 4.78 is 0. The lowest BCUT2D eigenvalue weighted by atomic mass is 9.66. The molecule has 0 radical (unpaired) electrons. The summed E-state index contributed by atoms with van der Waals surface area (Å²) in [4.78, 5) is 5.50. The van der Waals surface area contributed by atoms with Crippen molar-refractivity contribution < 1.29 is 0 Å². The third-order valence-electron chi connectivity index (χ3n) is 6.86. The summed E-state index contributed by atoms with van der Waals surface area (Å²) in [6.45, 7) is 15.0. The van der Waals surface area contributed by atoms with Gasteiger partial charge in [0.15, 0.2) is 0 Å². The van der Waals surface area contributed by atoms with Gasteiger partial charge < -0.3 is 4.90 Å². The van der Waals surface area contributed by atoms with E-state index in [2.05, 4.69) is 37.5 Å². The predicted molar refractivity (Wildman–Crippen MR) is 90.5 cm³/mol. The molecule has 1 spiro atoms. The molecule has 0 amide bonds. The third-order valence-corrected chi connectivity index (χ3v) is 6.86. The van der Waals surface area contributed by atoms with Gasteiger partial charge in [-0.25, -0.2) is 0 Å². The molecule has 3 rings (SSSR count).